The van der Waals surface area contributed by atoms with Crippen molar-refractivity contribution in [3.05, 3.63) is 11.1 Å². The number of anilines is 1. The van der Waals surface area contributed by atoms with Crippen LogP contribution in [-0.4, -0.2) is 46.4 Å². The molecule has 0 spiro atoms. The van der Waals surface area contributed by atoms with Crippen molar-refractivity contribution in [3.8, 4) is 0 Å². The number of hydrogen-bond acceptors (Lipinski definition) is 8. The Morgan fingerprint density at radius 2 is 2.17 bits per heavy atom. The Hall–Kier alpha value is -2.49. The van der Waals surface area contributed by atoms with Crippen molar-refractivity contribution < 1.29 is 29.1 Å². The number of carbonyl (C=O) groups excluding carboxylic acids is 2. The zero-order chi connectivity index (χ0) is 18.2. The third-order valence-electron chi connectivity index (χ3n) is 2.32. The van der Waals surface area contributed by atoms with Gasteiger partial charge in [0.05, 0.1) is 0 Å². The van der Waals surface area contributed by atoms with E-state index in [9.17, 15) is 14.4 Å². The average molecular weight is 357 g/mol. The smallest absolute Gasteiger partial charge is 0.360 e. The normalized spacial score (nSPS) is 11.7. The summed E-state index contributed by atoms with van der Waals surface area (Å²) < 4.78 is 5.13. The SMILES string of the molecule is CC(C)(C)OC(=O)CCCO/N=C(\C(=O)O)c1csc(NC=O)n1. The fourth-order valence-electron chi connectivity index (χ4n) is 1.48. The lowest BCUT2D eigenvalue weighted by atomic mass is 10.2. The summed E-state index contributed by atoms with van der Waals surface area (Å²) in [7, 11) is 0. The van der Waals surface area contributed by atoms with Crippen LogP contribution in [0.4, 0.5) is 5.13 Å². The van der Waals surface area contributed by atoms with Crippen LogP contribution in [0, 0.1) is 0 Å². The number of carboxylic acid groups (broad SMARTS) is 1. The minimum atomic E-state index is -1.31. The average Bonchev–Trinajstić information content (AvgIpc) is 2.89. The van der Waals surface area contributed by atoms with E-state index in [1.807, 2.05) is 0 Å². The number of nitrogens with zero attached hydrogens (tertiary/aromatic N) is 2. The monoisotopic (exact) mass is 357 g/mol. The molecule has 132 valence electrons. The summed E-state index contributed by atoms with van der Waals surface area (Å²) in [6.07, 6.45) is 0.910. The number of ether oxygens (including phenoxy) is 1. The van der Waals surface area contributed by atoms with Gasteiger partial charge in [0, 0.05) is 11.8 Å². The topological polar surface area (TPSA) is 127 Å². The molecule has 0 radical (unpaired) electrons. The predicted octanol–water partition coefficient (Wildman–Crippen LogP) is 1.64. The van der Waals surface area contributed by atoms with Crippen molar-refractivity contribution in [3.63, 3.8) is 0 Å². The first kappa shape index (κ1) is 19.6. The second-order valence-corrected chi connectivity index (χ2v) is 6.43. The third-order valence-corrected chi connectivity index (χ3v) is 3.10. The summed E-state index contributed by atoms with van der Waals surface area (Å²) in [5.41, 5.74) is -0.865. The lowest BCUT2D eigenvalue weighted by Crippen LogP contribution is -2.23. The van der Waals surface area contributed by atoms with Gasteiger partial charge in [-0.1, -0.05) is 5.16 Å². The number of oxime groups is 1. The van der Waals surface area contributed by atoms with Crippen LogP contribution in [0.1, 0.15) is 39.3 Å². The molecule has 2 N–H and O–H groups in total. The van der Waals surface area contributed by atoms with Crippen molar-refractivity contribution in [1.82, 2.24) is 4.98 Å². The van der Waals surface area contributed by atoms with E-state index in [4.69, 9.17) is 14.7 Å². The van der Waals surface area contributed by atoms with Gasteiger partial charge in [0.25, 0.3) is 0 Å². The molecule has 9 nitrogen and oxygen atoms in total. The summed E-state index contributed by atoms with van der Waals surface area (Å²) >= 11 is 1.06. The van der Waals surface area contributed by atoms with Gasteiger partial charge in [0.15, 0.2) is 5.13 Å². The molecular formula is C14H19N3O6S. The molecule has 0 saturated carbocycles. The number of esters is 1. The molecular weight excluding hydrogens is 338 g/mol. The van der Waals surface area contributed by atoms with Crippen molar-refractivity contribution in [2.75, 3.05) is 11.9 Å². The number of aliphatic carboxylic acids is 1. The Labute approximate surface area is 142 Å². The van der Waals surface area contributed by atoms with E-state index < -0.39 is 11.6 Å². The number of carboxylic acids is 1. The quantitative estimate of drug-likeness (QED) is 0.226. The molecule has 1 heterocycles. The molecule has 1 aromatic heterocycles. The molecule has 0 aliphatic carbocycles. The zero-order valence-electron chi connectivity index (χ0n) is 13.6. The van der Waals surface area contributed by atoms with Crippen LogP contribution in [0.5, 0.6) is 0 Å². The molecule has 10 heteroatoms. The molecule has 1 amide bonds. The van der Waals surface area contributed by atoms with Crippen LogP contribution in [-0.2, 0) is 24.0 Å². The Morgan fingerprint density at radius 1 is 1.46 bits per heavy atom. The number of aromatic nitrogens is 1. The van der Waals surface area contributed by atoms with Crippen LogP contribution in [0.25, 0.3) is 0 Å². The first-order chi connectivity index (χ1) is 11.2. The van der Waals surface area contributed by atoms with Gasteiger partial charge in [0.1, 0.15) is 17.9 Å². The van der Waals surface area contributed by atoms with E-state index in [0.29, 0.717) is 12.8 Å². The van der Waals surface area contributed by atoms with Gasteiger partial charge in [0.2, 0.25) is 12.1 Å². The largest absolute Gasteiger partial charge is 0.476 e. The Morgan fingerprint density at radius 3 is 2.75 bits per heavy atom. The molecule has 0 unspecified atom stereocenters. The molecule has 0 bridgehead atoms. The van der Waals surface area contributed by atoms with Crippen molar-refractivity contribution >= 4 is 40.5 Å². The fourth-order valence-corrected chi connectivity index (χ4v) is 2.13. The summed E-state index contributed by atoms with van der Waals surface area (Å²) in [5, 5.41) is 16.7. The summed E-state index contributed by atoms with van der Waals surface area (Å²) in [6.45, 7) is 5.37. The second kappa shape index (κ2) is 8.96. The molecule has 0 saturated heterocycles. The summed E-state index contributed by atoms with van der Waals surface area (Å²) in [4.78, 5) is 41.8. The van der Waals surface area contributed by atoms with E-state index in [1.165, 1.54) is 5.38 Å². The van der Waals surface area contributed by atoms with Crippen LogP contribution in [0.3, 0.4) is 0 Å². The van der Waals surface area contributed by atoms with Gasteiger partial charge in [-0.05, 0) is 27.2 Å². The summed E-state index contributed by atoms with van der Waals surface area (Å²) in [6, 6.07) is 0. The van der Waals surface area contributed by atoms with Crippen LogP contribution in [0.2, 0.25) is 0 Å². The van der Waals surface area contributed by atoms with E-state index in [-0.39, 0.29) is 35.5 Å². The number of carbonyl (C=O) groups is 3. The van der Waals surface area contributed by atoms with E-state index in [2.05, 4.69) is 15.5 Å². The van der Waals surface area contributed by atoms with Gasteiger partial charge in [-0.3, -0.25) is 9.59 Å². The Kier molecular flexibility index (Phi) is 7.31. The van der Waals surface area contributed by atoms with E-state index >= 15 is 0 Å². The predicted molar refractivity (Wildman–Crippen MR) is 87.0 cm³/mol. The standard InChI is InChI=1S/C14H19N3O6S/c1-14(2,3)23-10(19)5-4-6-22-17-11(12(20)21)9-7-24-13(16-9)15-8-18/h7-8H,4-6H2,1-3H3,(H,20,21)(H,15,16,18)/b17-11-. The highest BCUT2D eigenvalue weighted by molar-refractivity contribution is 7.14. The number of nitrogens with one attached hydrogen (secondary N) is 1. The molecule has 1 aromatic rings. The number of thiazole rings is 1. The first-order valence-corrected chi connectivity index (χ1v) is 7.92. The second-order valence-electron chi connectivity index (χ2n) is 5.57. The third kappa shape index (κ3) is 7.18. The number of hydrogen-bond donors (Lipinski definition) is 2. The first-order valence-electron chi connectivity index (χ1n) is 7.04. The minimum absolute atomic E-state index is 0.0552. The lowest BCUT2D eigenvalue weighted by Gasteiger charge is -2.19. The van der Waals surface area contributed by atoms with Gasteiger partial charge in [-0.2, -0.15) is 0 Å². The molecule has 0 aliphatic heterocycles. The molecule has 0 aliphatic rings. The minimum Gasteiger partial charge on any atom is -0.476 e. The van der Waals surface area contributed by atoms with E-state index in [0.717, 1.165) is 11.3 Å². The van der Waals surface area contributed by atoms with Crippen molar-refractivity contribution in [2.24, 2.45) is 5.16 Å². The maximum atomic E-state index is 11.5. The van der Waals surface area contributed by atoms with Gasteiger partial charge in [-0.15, -0.1) is 11.3 Å². The van der Waals surface area contributed by atoms with Gasteiger partial charge in [-0.25, -0.2) is 9.78 Å². The maximum Gasteiger partial charge on any atom is 0.360 e. The van der Waals surface area contributed by atoms with Crippen LogP contribution < -0.4 is 5.32 Å². The Balaban J connectivity index is 2.51. The number of amides is 1. The summed E-state index contributed by atoms with van der Waals surface area (Å²) in [5.74, 6) is -1.68. The maximum absolute atomic E-state index is 11.5. The van der Waals surface area contributed by atoms with Crippen molar-refractivity contribution in [2.45, 2.75) is 39.2 Å². The fraction of sp³-hybridized carbons (Fsp3) is 0.500. The highest BCUT2D eigenvalue weighted by atomic mass is 32.1. The molecule has 0 atom stereocenters. The van der Waals surface area contributed by atoms with Crippen LogP contribution >= 0.6 is 11.3 Å². The molecule has 1 rings (SSSR count). The molecule has 0 aromatic carbocycles. The molecule has 0 fully saturated rings. The highest BCUT2D eigenvalue weighted by Crippen LogP contribution is 2.15. The van der Waals surface area contributed by atoms with E-state index in [1.54, 1.807) is 20.8 Å². The molecule has 24 heavy (non-hydrogen) atoms. The zero-order valence-corrected chi connectivity index (χ0v) is 14.4. The lowest BCUT2D eigenvalue weighted by molar-refractivity contribution is -0.155. The van der Waals surface area contributed by atoms with Gasteiger partial charge < -0.3 is 20.0 Å². The van der Waals surface area contributed by atoms with Gasteiger partial charge >= 0.3 is 11.9 Å². The van der Waals surface area contributed by atoms with Crippen LogP contribution in [0.15, 0.2) is 10.5 Å². The highest BCUT2D eigenvalue weighted by Gasteiger charge is 2.18. The Bertz CT molecular complexity index is 620. The van der Waals surface area contributed by atoms with Crippen molar-refractivity contribution in [1.29, 1.82) is 0 Å². The number of rotatable bonds is 9.